The van der Waals surface area contributed by atoms with Crippen molar-refractivity contribution in [2.75, 3.05) is 13.2 Å². The van der Waals surface area contributed by atoms with Crippen LogP contribution in [0.1, 0.15) is 19.4 Å². The lowest BCUT2D eigenvalue weighted by Gasteiger charge is -2.07. The maximum absolute atomic E-state index is 5.20. The topological polar surface area (TPSA) is 18.5 Å². The fourth-order valence-corrected chi connectivity index (χ4v) is 2.14. The summed E-state index contributed by atoms with van der Waals surface area (Å²) >= 11 is 0. The summed E-state index contributed by atoms with van der Waals surface area (Å²) in [5, 5.41) is 0. The quantitative estimate of drug-likeness (QED) is 0.733. The van der Waals surface area contributed by atoms with Crippen molar-refractivity contribution in [3.8, 4) is 0 Å². The first-order valence-corrected chi connectivity index (χ1v) is 7.75. The van der Waals surface area contributed by atoms with Crippen molar-refractivity contribution in [3.63, 3.8) is 0 Å². The lowest BCUT2D eigenvalue weighted by atomic mass is 10.2. The van der Waals surface area contributed by atoms with Crippen LogP contribution in [-0.2, 0) is 8.85 Å². The Bertz CT molecular complexity index is 256. The molecule has 0 bridgehead atoms. The molecule has 3 heteroatoms. The van der Waals surface area contributed by atoms with Crippen LogP contribution in [0.2, 0.25) is 6.55 Å². The molecule has 2 nitrogen and oxygen atoms in total. The van der Waals surface area contributed by atoms with Gasteiger partial charge in [-0.3, -0.25) is 0 Å². The van der Waals surface area contributed by atoms with E-state index in [0.717, 1.165) is 13.2 Å². The van der Waals surface area contributed by atoms with Crippen molar-refractivity contribution in [1.29, 1.82) is 0 Å². The molecular weight excluding hydrogens is 216 g/mol. The molecule has 0 spiro atoms. The maximum Gasteiger partial charge on any atom is 0.318 e. The van der Waals surface area contributed by atoms with E-state index in [4.69, 9.17) is 8.85 Å². The van der Waals surface area contributed by atoms with Gasteiger partial charge in [-0.15, -0.1) is 0 Å². The number of rotatable bonds is 5. The van der Waals surface area contributed by atoms with E-state index < -0.39 is 9.28 Å². The first-order valence-electron chi connectivity index (χ1n) is 5.65. The molecule has 0 N–H and O–H groups in total. The van der Waals surface area contributed by atoms with Gasteiger partial charge in [0.15, 0.2) is 0 Å². The van der Waals surface area contributed by atoms with Gasteiger partial charge in [0, 0.05) is 13.2 Å². The summed E-state index contributed by atoms with van der Waals surface area (Å²) in [6, 6.07) is 10.0. The van der Waals surface area contributed by atoms with E-state index in [-0.39, 0.29) is 0 Å². The van der Waals surface area contributed by atoms with Gasteiger partial charge in [0.05, 0.1) is 0 Å². The molecule has 0 amide bonds. The second-order valence-electron chi connectivity index (χ2n) is 3.09. The summed E-state index contributed by atoms with van der Waals surface area (Å²) in [5.74, 6) is 0. The predicted octanol–water partition coefficient (Wildman–Crippen LogP) is 3.24. The van der Waals surface area contributed by atoms with Crippen LogP contribution < -0.4 is 0 Å². The Morgan fingerprint density at radius 2 is 1.62 bits per heavy atom. The highest BCUT2D eigenvalue weighted by atomic mass is 28.3. The molecule has 0 radical (unpaired) electrons. The smallest absolute Gasteiger partial charge is 0.318 e. The minimum absolute atomic E-state index is 0.785. The molecule has 0 saturated carbocycles. The van der Waals surface area contributed by atoms with Crippen LogP contribution in [0, 0.1) is 0 Å². The van der Waals surface area contributed by atoms with Crippen LogP contribution in [0.25, 0.3) is 6.08 Å². The summed E-state index contributed by atoms with van der Waals surface area (Å²) in [6.07, 6.45) is 1.83. The van der Waals surface area contributed by atoms with Crippen molar-refractivity contribution < 1.29 is 8.85 Å². The summed E-state index contributed by atoms with van der Waals surface area (Å²) in [4.78, 5) is 0. The van der Waals surface area contributed by atoms with Gasteiger partial charge in [-0.25, -0.2) is 0 Å². The first kappa shape index (κ1) is 15.1. The van der Waals surface area contributed by atoms with Crippen LogP contribution in [-0.4, -0.2) is 22.5 Å². The second-order valence-corrected chi connectivity index (χ2v) is 4.90. The maximum atomic E-state index is 5.20. The fourth-order valence-electron chi connectivity index (χ4n) is 1.11. The molecule has 0 aromatic heterocycles. The second kappa shape index (κ2) is 10.6. The molecule has 0 aliphatic carbocycles. The molecule has 0 fully saturated rings. The third-order valence-electron chi connectivity index (χ3n) is 1.84. The van der Waals surface area contributed by atoms with Crippen molar-refractivity contribution in [2.24, 2.45) is 0 Å². The Morgan fingerprint density at radius 3 is 1.94 bits per heavy atom. The van der Waals surface area contributed by atoms with E-state index >= 15 is 0 Å². The molecule has 0 heterocycles. The molecule has 1 aromatic carbocycles. The van der Waals surface area contributed by atoms with E-state index in [2.05, 4.69) is 6.58 Å². The number of hydrogen-bond acceptors (Lipinski definition) is 2. The number of benzene rings is 1. The molecule has 16 heavy (non-hydrogen) atoms. The van der Waals surface area contributed by atoms with Crippen molar-refractivity contribution in [3.05, 3.63) is 42.5 Å². The zero-order valence-corrected chi connectivity index (χ0v) is 11.6. The van der Waals surface area contributed by atoms with Crippen molar-refractivity contribution >= 4 is 15.4 Å². The van der Waals surface area contributed by atoms with E-state index in [1.807, 2.05) is 56.8 Å². The van der Waals surface area contributed by atoms with Crippen molar-refractivity contribution in [2.45, 2.75) is 20.4 Å². The zero-order chi connectivity index (χ0) is 12.2. The lowest BCUT2D eigenvalue weighted by molar-refractivity contribution is 0.219. The summed E-state index contributed by atoms with van der Waals surface area (Å²) in [7, 11) is -1.20. The molecule has 0 aliphatic heterocycles. The highest BCUT2D eigenvalue weighted by molar-refractivity contribution is 6.42. The summed E-state index contributed by atoms with van der Waals surface area (Å²) in [6.45, 7) is 11.2. The van der Waals surface area contributed by atoms with Crippen molar-refractivity contribution in [1.82, 2.24) is 0 Å². The summed E-state index contributed by atoms with van der Waals surface area (Å²) < 4.78 is 10.4. The van der Waals surface area contributed by atoms with Gasteiger partial charge in [0.25, 0.3) is 0 Å². The van der Waals surface area contributed by atoms with Gasteiger partial charge >= 0.3 is 9.28 Å². The van der Waals surface area contributed by atoms with E-state index in [1.165, 1.54) is 5.56 Å². The predicted molar refractivity (Wildman–Crippen MR) is 72.8 cm³/mol. The SMILES string of the molecule is C=Cc1ccccc1.CCO[SiH](C)OCC. The third-order valence-corrected chi connectivity index (χ3v) is 3.44. The fraction of sp³-hybridized carbons (Fsp3) is 0.385. The van der Waals surface area contributed by atoms with Crippen LogP contribution in [0.5, 0.6) is 0 Å². The van der Waals surface area contributed by atoms with Gasteiger partial charge in [0.2, 0.25) is 0 Å². The van der Waals surface area contributed by atoms with Crippen LogP contribution in [0.15, 0.2) is 36.9 Å². The molecule has 1 aromatic rings. The van der Waals surface area contributed by atoms with Gasteiger partial charge in [-0.2, -0.15) is 0 Å². The first-order chi connectivity index (χ1) is 7.74. The highest BCUT2D eigenvalue weighted by Crippen LogP contribution is 1.97. The number of hydrogen-bond donors (Lipinski definition) is 0. The van der Waals surface area contributed by atoms with Gasteiger partial charge in [0.1, 0.15) is 0 Å². The molecule has 0 saturated heterocycles. The van der Waals surface area contributed by atoms with E-state index in [0.29, 0.717) is 0 Å². The average Bonchev–Trinajstić information content (AvgIpc) is 2.32. The molecule has 90 valence electrons. The Balaban J connectivity index is 0.000000281. The van der Waals surface area contributed by atoms with Crippen LogP contribution >= 0.6 is 0 Å². The molecular formula is C13H22O2Si. The average molecular weight is 238 g/mol. The molecule has 0 unspecified atom stereocenters. The molecule has 0 atom stereocenters. The zero-order valence-electron chi connectivity index (χ0n) is 10.5. The largest absolute Gasteiger partial charge is 0.397 e. The van der Waals surface area contributed by atoms with Gasteiger partial charge in [-0.05, 0) is 26.0 Å². The highest BCUT2D eigenvalue weighted by Gasteiger charge is 1.99. The Labute approximate surface area is 101 Å². The van der Waals surface area contributed by atoms with Crippen LogP contribution in [0.4, 0.5) is 0 Å². The van der Waals surface area contributed by atoms with Gasteiger partial charge in [-0.1, -0.05) is 43.0 Å². The Kier molecular flexibility index (Phi) is 10.0. The van der Waals surface area contributed by atoms with E-state index in [9.17, 15) is 0 Å². The van der Waals surface area contributed by atoms with Crippen LogP contribution in [0.3, 0.4) is 0 Å². The third kappa shape index (κ3) is 8.41. The van der Waals surface area contributed by atoms with Gasteiger partial charge < -0.3 is 8.85 Å². The monoisotopic (exact) mass is 238 g/mol. The normalized spacial score (nSPS) is 9.50. The minimum Gasteiger partial charge on any atom is -0.397 e. The minimum atomic E-state index is -1.20. The summed E-state index contributed by atoms with van der Waals surface area (Å²) in [5.41, 5.74) is 1.17. The standard InChI is InChI=1S/C8H8.C5H14O2Si/c1-2-8-6-4-3-5-7-8;1-4-6-8(3)7-5-2/h2-7H,1H2;8H,4-5H2,1-3H3. The molecule has 0 aliphatic rings. The Morgan fingerprint density at radius 1 is 1.12 bits per heavy atom. The Hall–Kier alpha value is -0.903. The lowest BCUT2D eigenvalue weighted by Crippen LogP contribution is -2.17. The molecule has 1 rings (SSSR count). The van der Waals surface area contributed by atoms with E-state index in [1.54, 1.807) is 0 Å².